The number of carbonyl (C=O) groups is 1. The Morgan fingerprint density at radius 2 is 1.95 bits per heavy atom. The van der Waals surface area contributed by atoms with Crippen LogP contribution in [0.3, 0.4) is 0 Å². The number of ketones is 1. The number of halogens is 1. The van der Waals surface area contributed by atoms with Gasteiger partial charge in [-0.2, -0.15) is 5.10 Å². The smallest absolute Gasteiger partial charge is 0.168 e. The predicted octanol–water partition coefficient (Wildman–Crippen LogP) is 2.93. The third-order valence-electron chi connectivity index (χ3n) is 3.30. The number of aromatic nitrogens is 2. The maximum Gasteiger partial charge on any atom is 0.168 e. The van der Waals surface area contributed by atoms with Gasteiger partial charge in [0.25, 0.3) is 0 Å². The molecular formula is C15H17BrN2O3. The van der Waals surface area contributed by atoms with Gasteiger partial charge in [-0.05, 0) is 41.1 Å². The number of nitrogens with zero attached hydrogens (tertiary/aromatic N) is 2. The van der Waals surface area contributed by atoms with Crippen molar-refractivity contribution in [3.05, 3.63) is 39.6 Å². The van der Waals surface area contributed by atoms with Gasteiger partial charge in [0.2, 0.25) is 0 Å². The highest BCUT2D eigenvalue weighted by Gasteiger charge is 2.17. The Kier molecular flexibility index (Phi) is 4.67. The van der Waals surface area contributed by atoms with E-state index in [-0.39, 0.29) is 12.2 Å². The van der Waals surface area contributed by atoms with Crippen molar-refractivity contribution in [1.82, 2.24) is 9.78 Å². The highest BCUT2D eigenvalue weighted by atomic mass is 79.9. The van der Waals surface area contributed by atoms with Crippen LogP contribution < -0.4 is 9.47 Å². The van der Waals surface area contributed by atoms with E-state index in [0.717, 1.165) is 15.9 Å². The molecule has 0 saturated heterocycles. The molecule has 0 unspecified atom stereocenters. The Hall–Kier alpha value is -1.82. The largest absolute Gasteiger partial charge is 0.493 e. The fourth-order valence-electron chi connectivity index (χ4n) is 2.14. The molecule has 0 saturated carbocycles. The van der Waals surface area contributed by atoms with Crippen LogP contribution in [-0.2, 0) is 13.5 Å². The number of ether oxygens (including phenoxy) is 2. The Bertz CT molecular complexity index is 680. The molecule has 1 aromatic heterocycles. The van der Waals surface area contributed by atoms with Crippen molar-refractivity contribution in [3.63, 3.8) is 0 Å². The molecule has 6 heteroatoms. The predicted molar refractivity (Wildman–Crippen MR) is 83.2 cm³/mol. The van der Waals surface area contributed by atoms with Gasteiger partial charge in [0.1, 0.15) is 0 Å². The number of benzene rings is 1. The van der Waals surface area contributed by atoms with E-state index in [2.05, 4.69) is 21.0 Å². The second kappa shape index (κ2) is 6.30. The number of methoxy groups -OCH3 is 2. The zero-order valence-electron chi connectivity index (χ0n) is 12.4. The Morgan fingerprint density at radius 3 is 2.48 bits per heavy atom. The van der Waals surface area contributed by atoms with Crippen molar-refractivity contribution in [2.75, 3.05) is 14.2 Å². The molecule has 21 heavy (non-hydrogen) atoms. The van der Waals surface area contributed by atoms with Crippen LogP contribution in [0.1, 0.15) is 21.7 Å². The van der Waals surface area contributed by atoms with Gasteiger partial charge in [0.15, 0.2) is 17.3 Å². The molecule has 2 aromatic rings. The maximum atomic E-state index is 12.4. The molecule has 2 rings (SSSR count). The lowest BCUT2D eigenvalue weighted by Crippen LogP contribution is -2.08. The zero-order valence-corrected chi connectivity index (χ0v) is 14.0. The summed E-state index contributed by atoms with van der Waals surface area (Å²) in [6.45, 7) is 1.90. The maximum absolute atomic E-state index is 12.4. The van der Waals surface area contributed by atoms with Crippen molar-refractivity contribution < 1.29 is 14.3 Å². The van der Waals surface area contributed by atoms with Crippen molar-refractivity contribution in [3.8, 4) is 11.5 Å². The van der Waals surface area contributed by atoms with Crippen LogP contribution in [0.25, 0.3) is 0 Å². The van der Waals surface area contributed by atoms with Crippen molar-refractivity contribution >= 4 is 21.7 Å². The van der Waals surface area contributed by atoms with E-state index in [9.17, 15) is 4.79 Å². The van der Waals surface area contributed by atoms with E-state index in [1.807, 2.05) is 14.0 Å². The molecule has 1 heterocycles. The summed E-state index contributed by atoms with van der Waals surface area (Å²) in [6.07, 6.45) is 0.271. The number of rotatable bonds is 5. The summed E-state index contributed by atoms with van der Waals surface area (Å²) in [5.74, 6) is 1.15. The summed E-state index contributed by atoms with van der Waals surface area (Å²) in [5.41, 5.74) is 2.30. The number of hydrogen-bond acceptors (Lipinski definition) is 4. The first-order valence-corrected chi connectivity index (χ1v) is 7.20. The topological polar surface area (TPSA) is 53.3 Å². The third kappa shape index (κ3) is 3.10. The van der Waals surface area contributed by atoms with Crippen LogP contribution in [0.15, 0.2) is 22.7 Å². The summed E-state index contributed by atoms with van der Waals surface area (Å²) in [7, 11) is 4.94. The molecule has 0 aliphatic rings. The fraction of sp³-hybridized carbons (Fsp3) is 0.333. The summed E-state index contributed by atoms with van der Waals surface area (Å²) >= 11 is 3.47. The Morgan fingerprint density at radius 1 is 1.29 bits per heavy atom. The van der Waals surface area contributed by atoms with Crippen LogP contribution >= 0.6 is 15.9 Å². The van der Waals surface area contributed by atoms with Crippen LogP contribution in [0.2, 0.25) is 0 Å². The van der Waals surface area contributed by atoms with Crippen LogP contribution in [0.4, 0.5) is 0 Å². The highest BCUT2D eigenvalue weighted by Crippen LogP contribution is 2.28. The first-order chi connectivity index (χ1) is 9.97. The van der Waals surface area contributed by atoms with E-state index in [4.69, 9.17) is 9.47 Å². The van der Waals surface area contributed by atoms with Gasteiger partial charge in [-0.25, -0.2) is 0 Å². The molecule has 0 spiro atoms. The van der Waals surface area contributed by atoms with E-state index in [1.54, 1.807) is 37.1 Å². The zero-order chi connectivity index (χ0) is 15.6. The molecule has 0 fully saturated rings. The monoisotopic (exact) mass is 352 g/mol. The minimum atomic E-state index is -0.000321. The van der Waals surface area contributed by atoms with Gasteiger partial charge in [-0.15, -0.1) is 0 Å². The molecule has 5 nitrogen and oxygen atoms in total. The number of carbonyl (C=O) groups excluding carboxylic acids is 1. The molecule has 0 radical (unpaired) electrons. The van der Waals surface area contributed by atoms with Crippen molar-refractivity contribution in [2.45, 2.75) is 13.3 Å². The molecule has 1 aromatic carbocycles. The van der Waals surface area contributed by atoms with E-state index in [0.29, 0.717) is 17.1 Å². The van der Waals surface area contributed by atoms with E-state index >= 15 is 0 Å². The van der Waals surface area contributed by atoms with Crippen molar-refractivity contribution in [2.24, 2.45) is 7.05 Å². The van der Waals surface area contributed by atoms with Gasteiger partial charge in [0.05, 0.1) is 36.5 Å². The Balaban J connectivity index is 2.28. The number of hydrogen-bond donors (Lipinski definition) is 0. The lowest BCUT2D eigenvalue weighted by Gasteiger charge is -2.09. The second-order valence-electron chi connectivity index (χ2n) is 4.64. The summed E-state index contributed by atoms with van der Waals surface area (Å²) in [4.78, 5) is 12.4. The summed E-state index contributed by atoms with van der Waals surface area (Å²) in [5, 5.41) is 4.29. The van der Waals surface area contributed by atoms with Crippen LogP contribution in [-0.4, -0.2) is 29.8 Å². The standard InChI is InChI=1S/C15H17BrN2O3/c1-9-15(16)11(18(2)17-9)8-12(19)10-5-6-13(20-3)14(7-10)21-4/h5-7H,8H2,1-4H3. The van der Waals surface area contributed by atoms with Gasteiger partial charge in [-0.1, -0.05) is 0 Å². The number of Topliss-reactive ketones (excluding diaryl/α,β-unsaturated/α-hetero) is 1. The molecule has 0 aliphatic carbocycles. The average molecular weight is 353 g/mol. The first-order valence-electron chi connectivity index (χ1n) is 6.41. The molecule has 0 N–H and O–H groups in total. The van der Waals surface area contributed by atoms with E-state index < -0.39 is 0 Å². The molecule has 0 aliphatic heterocycles. The number of aryl methyl sites for hydroxylation is 2. The third-order valence-corrected chi connectivity index (χ3v) is 4.33. The second-order valence-corrected chi connectivity index (χ2v) is 5.43. The van der Waals surface area contributed by atoms with Gasteiger partial charge in [0, 0.05) is 12.6 Å². The lowest BCUT2D eigenvalue weighted by molar-refractivity contribution is 0.0990. The quantitative estimate of drug-likeness (QED) is 0.776. The molecule has 0 bridgehead atoms. The van der Waals surface area contributed by atoms with Crippen LogP contribution in [0, 0.1) is 6.92 Å². The summed E-state index contributed by atoms with van der Waals surface area (Å²) in [6, 6.07) is 5.16. The van der Waals surface area contributed by atoms with Gasteiger partial charge in [-0.3, -0.25) is 9.48 Å². The molecule has 112 valence electrons. The minimum Gasteiger partial charge on any atom is -0.493 e. The lowest BCUT2D eigenvalue weighted by atomic mass is 10.1. The van der Waals surface area contributed by atoms with Gasteiger partial charge < -0.3 is 9.47 Å². The first kappa shape index (κ1) is 15.6. The molecule has 0 amide bonds. The van der Waals surface area contributed by atoms with Crippen molar-refractivity contribution in [1.29, 1.82) is 0 Å². The molecule has 0 atom stereocenters. The summed E-state index contributed by atoms with van der Waals surface area (Å²) < 4.78 is 13.0. The fourth-order valence-corrected chi connectivity index (χ4v) is 2.61. The normalized spacial score (nSPS) is 10.5. The average Bonchev–Trinajstić information content (AvgIpc) is 2.72. The SMILES string of the molecule is COc1ccc(C(=O)Cc2c(Br)c(C)nn2C)cc1OC. The van der Waals surface area contributed by atoms with E-state index in [1.165, 1.54) is 0 Å². The van der Waals surface area contributed by atoms with Gasteiger partial charge >= 0.3 is 0 Å². The molecular weight excluding hydrogens is 336 g/mol. The Labute approximate surface area is 132 Å². The van der Waals surface area contributed by atoms with Crippen LogP contribution in [0.5, 0.6) is 11.5 Å². The highest BCUT2D eigenvalue weighted by molar-refractivity contribution is 9.10. The minimum absolute atomic E-state index is 0.000321.